The first-order chi connectivity index (χ1) is 14.4. The highest BCUT2D eigenvalue weighted by atomic mass is 19.1. The summed E-state index contributed by atoms with van der Waals surface area (Å²) in [6.07, 6.45) is 5.92. The van der Waals surface area contributed by atoms with E-state index in [0.29, 0.717) is 30.1 Å². The summed E-state index contributed by atoms with van der Waals surface area (Å²) in [6.45, 7) is 7.80. The number of hydrogen-bond donors (Lipinski definition) is 1. The number of nitrogens with zero attached hydrogens (tertiary/aromatic N) is 2. The van der Waals surface area contributed by atoms with Crippen molar-refractivity contribution in [2.45, 2.75) is 71.6 Å². The van der Waals surface area contributed by atoms with Crippen LogP contribution in [0.1, 0.15) is 76.3 Å². The third kappa shape index (κ3) is 3.34. The van der Waals surface area contributed by atoms with Gasteiger partial charge in [-0.1, -0.05) is 24.2 Å². The Morgan fingerprint density at radius 3 is 2.77 bits per heavy atom. The van der Waals surface area contributed by atoms with Gasteiger partial charge < -0.3 is 10.1 Å². The lowest BCUT2D eigenvalue weighted by molar-refractivity contribution is -0.131. The van der Waals surface area contributed by atoms with Crippen molar-refractivity contribution in [2.24, 2.45) is 28.3 Å². The van der Waals surface area contributed by atoms with Crippen LogP contribution in [0, 0.1) is 29.0 Å². The number of rotatable bonds is 5. The van der Waals surface area contributed by atoms with Crippen molar-refractivity contribution in [3.8, 4) is 0 Å². The quantitative estimate of drug-likeness (QED) is 0.519. The fourth-order valence-corrected chi connectivity index (χ4v) is 7.12. The van der Waals surface area contributed by atoms with E-state index in [1.54, 1.807) is 6.07 Å². The Hall–Kier alpha value is -1.91. The lowest BCUT2D eigenvalue weighted by Crippen LogP contribution is -2.44. The van der Waals surface area contributed by atoms with E-state index in [2.05, 4.69) is 18.1 Å². The van der Waals surface area contributed by atoms with Crippen molar-refractivity contribution in [3.63, 3.8) is 0 Å². The SMILES string of the molecule is CCN(CC)C(=O)CC[C@@H]1C/C(=N\O)[C@@]2(C)CCC3c4cccc(F)c4CCC3C12. The number of amides is 1. The Morgan fingerprint density at radius 1 is 1.30 bits per heavy atom. The monoisotopic (exact) mass is 414 g/mol. The van der Waals surface area contributed by atoms with E-state index >= 15 is 0 Å². The molecule has 2 saturated carbocycles. The highest BCUT2D eigenvalue weighted by Crippen LogP contribution is 2.62. The number of oxime groups is 1. The summed E-state index contributed by atoms with van der Waals surface area (Å²) in [5.41, 5.74) is 2.91. The summed E-state index contributed by atoms with van der Waals surface area (Å²) in [7, 11) is 0. The fourth-order valence-electron chi connectivity index (χ4n) is 7.12. The lowest BCUT2D eigenvalue weighted by atomic mass is 9.54. The molecule has 0 aromatic heterocycles. The fraction of sp³-hybridized carbons (Fsp3) is 0.680. The third-order valence-electron chi connectivity index (χ3n) is 8.56. The van der Waals surface area contributed by atoms with Crippen LogP contribution in [0.5, 0.6) is 0 Å². The normalized spacial score (nSPS) is 33.7. The molecule has 1 amide bonds. The summed E-state index contributed by atoms with van der Waals surface area (Å²) in [4.78, 5) is 14.5. The van der Waals surface area contributed by atoms with E-state index in [9.17, 15) is 14.4 Å². The highest BCUT2D eigenvalue weighted by Gasteiger charge is 2.57. The first-order valence-electron chi connectivity index (χ1n) is 11.7. The maximum atomic E-state index is 14.4. The molecular formula is C25H35FN2O2. The minimum absolute atomic E-state index is 0.0651. The molecule has 1 aromatic rings. The Kier molecular flexibility index (Phi) is 5.91. The van der Waals surface area contributed by atoms with E-state index in [-0.39, 0.29) is 17.1 Å². The van der Waals surface area contributed by atoms with Crippen LogP contribution in [0.25, 0.3) is 0 Å². The first-order valence-corrected chi connectivity index (χ1v) is 11.7. The van der Waals surface area contributed by atoms with Crippen molar-refractivity contribution < 1.29 is 14.4 Å². The number of hydrogen-bond acceptors (Lipinski definition) is 3. The summed E-state index contributed by atoms with van der Waals surface area (Å²) < 4.78 is 14.4. The molecule has 3 unspecified atom stereocenters. The number of carbonyl (C=O) groups excluding carboxylic acids is 1. The molecule has 3 aliphatic carbocycles. The predicted molar refractivity (Wildman–Crippen MR) is 116 cm³/mol. The molecule has 4 nitrogen and oxygen atoms in total. The van der Waals surface area contributed by atoms with Crippen LogP contribution in [0.2, 0.25) is 0 Å². The van der Waals surface area contributed by atoms with Gasteiger partial charge >= 0.3 is 0 Å². The summed E-state index contributed by atoms with van der Waals surface area (Å²) in [5.74, 6) is 1.74. The van der Waals surface area contributed by atoms with E-state index in [1.807, 2.05) is 24.8 Å². The number of halogens is 1. The molecule has 2 fully saturated rings. The van der Waals surface area contributed by atoms with Crippen molar-refractivity contribution in [1.82, 2.24) is 4.90 Å². The van der Waals surface area contributed by atoms with Crippen LogP contribution in [0.15, 0.2) is 23.4 Å². The minimum Gasteiger partial charge on any atom is -0.411 e. The zero-order chi connectivity index (χ0) is 21.5. The standard InChI is InChI=1S/C25H35FN2O2/c1-4-28(5-2)23(29)12-9-16-15-22(27-30)25(3)14-13-18-17-7-6-8-21(26)19(17)10-11-20(18)24(16)25/h6-8,16,18,20,24,30H,4-5,9-15H2,1-3H3/b27-22+/t16-,18?,20?,24?,25-/m1/s1. The largest absolute Gasteiger partial charge is 0.411 e. The van der Waals surface area contributed by atoms with Gasteiger partial charge in [-0.3, -0.25) is 4.79 Å². The molecule has 0 aliphatic heterocycles. The summed E-state index contributed by atoms with van der Waals surface area (Å²) >= 11 is 0. The molecule has 1 aromatic carbocycles. The van der Waals surface area contributed by atoms with E-state index in [0.717, 1.165) is 62.9 Å². The molecule has 5 atom stereocenters. The Balaban J connectivity index is 1.61. The molecule has 1 N–H and O–H groups in total. The molecule has 30 heavy (non-hydrogen) atoms. The maximum Gasteiger partial charge on any atom is 0.222 e. The molecule has 5 heteroatoms. The van der Waals surface area contributed by atoms with Gasteiger partial charge in [0.15, 0.2) is 0 Å². The molecule has 164 valence electrons. The van der Waals surface area contributed by atoms with E-state index in [4.69, 9.17) is 0 Å². The van der Waals surface area contributed by atoms with Crippen LogP contribution >= 0.6 is 0 Å². The molecule has 0 saturated heterocycles. The van der Waals surface area contributed by atoms with Gasteiger partial charge in [0.05, 0.1) is 5.71 Å². The smallest absolute Gasteiger partial charge is 0.222 e. The molecule has 0 heterocycles. The van der Waals surface area contributed by atoms with Crippen LogP contribution < -0.4 is 0 Å². The summed E-state index contributed by atoms with van der Waals surface area (Å²) in [6, 6.07) is 5.55. The lowest BCUT2D eigenvalue weighted by Gasteiger charge is -2.50. The zero-order valence-electron chi connectivity index (χ0n) is 18.5. The Bertz CT molecular complexity index is 834. The second-order valence-electron chi connectivity index (χ2n) is 9.71. The number of carbonyl (C=O) groups is 1. The maximum absolute atomic E-state index is 14.4. The van der Waals surface area contributed by atoms with Gasteiger partial charge in [0.25, 0.3) is 0 Å². The van der Waals surface area contributed by atoms with Gasteiger partial charge in [-0.05, 0) is 93.2 Å². The van der Waals surface area contributed by atoms with Gasteiger partial charge in [-0.2, -0.15) is 0 Å². The molecule has 4 rings (SSSR count). The summed E-state index contributed by atoms with van der Waals surface area (Å²) in [5, 5.41) is 13.5. The Labute approximate surface area is 179 Å². The number of benzene rings is 1. The molecular weight excluding hydrogens is 379 g/mol. The Morgan fingerprint density at radius 2 is 2.07 bits per heavy atom. The van der Waals surface area contributed by atoms with Crippen LogP contribution in [-0.4, -0.2) is 34.8 Å². The van der Waals surface area contributed by atoms with Gasteiger partial charge in [0, 0.05) is 24.9 Å². The molecule has 0 spiro atoms. The van der Waals surface area contributed by atoms with Gasteiger partial charge in [-0.15, -0.1) is 0 Å². The van der Waals surface area contributed by atoms with Crippen molar-refractivity contribution in [1.29, 1.82) is 0 Å². The molecule has 3 aliphatic rings. The number of fused-ring (bicyclic) bond motifs is 5. The van der Waals surface area contributed by atoms with Crippen molar-refractivity contribution in [3.05, 3.63) is 35.1 Å². The average molecular weight is 415 g/mol. The van der Waals surface area contributed by atoms with Crippen LogP contribution in [0.3, 0.4) is 0 Å². The predicted octanol–water partition coefficient (Wildman–Crippen LogP) is 5.39. The topological polar surface area (TPSA) is 52.9 Å². The van der Waals surface area contributed by atoms with Crippen LogP contribution in [-0.2, 0) is 11.2 Å². The average Bonchev–Trinajstić information content (AvgIpc) is 3.05. The van der Waals surface area contributed by atoms with Gasteiger partial charge in [0.2, 0.25) is 5.91 Å². The zero-order valence-corrected chi connectivity index (χ0v) is 18.5. The minimum atomic E-state index is -0.107. The third-order valence-corrected chi connectivity index (χ3v) is 8.56. The van der Waals surface area contributed by atoms with Gasteiger partial charge in [-0.25, -0.2) is 4.39 Å². The second-order valence-corrected chi connectivity index (χ2v) is 9.71. The molecule has 0 radical (unpaired) electrons. The van der Waals surface area contributed by atoms with Gasteiger partial charge in [0.1, 0.15) is 5.82 Å². The van der Waals surface area contributed by atoms with E-state index < -0.39 is 0 Å². The molecule has 0 bridgehead atoms. The second kappa shape index (κ2) is 8.32. The van der Waals surface area contributed by atoms with Crippen molar-refractivity contribution in [2.75, 3.05) is 13.1 Å². The van der Waals surface area contributed by atoms with E-state index in [1.165, 1.54) is 5.56 Å². The highest BCUT2D eigenvalue weighted by molar-refractivity contribution is 5.92. The van der Waals surface area contributed by atoms with Crippen molar-refractivity contribution >= 4 is 11.6 Å². The first kappa shape index (κ1) is 21.3. The van der Waals surface area contributed by atoms with Crippen LogP contribution in [0.4, 0.5) is 4.39 Å².